The topological polar surface area (TPSA) is 38.0 Å². The van der Waals surface area contributed by atoms with Crippen LogP contribution in [-0.4, -0.2) is 6.04 Å². The Morgan fingerprint density at radius 3 is 2.26 bits per heavy atom. The summed E-state index contributed by atoms with van der Waals surface area (Å²) < 4.78 is 12.8. The Morgan fingerprint density at radius 1 is 0.947 bits per heavy atom. The van der Waals surface area contributed by atoms with Gasteiger partial charge in [0.2, 0.25) is 0 Å². The van der Waals surface area contributed by atoms with Crippen LogP contribution in [0.3, 0.4) is 0 Å². The SMILES string of the molecule is NNC(CCc1ccccc1)Cc1ccc(F)cc1. The van der Waals surface area contributed by atoms with Gasteiger partial charge in [0.25, 0.3) is 0 Å². The van der Waals surface area contributed by atoms with Crippen LogP contribution in [0.25, 0.3) is 0 Å². The van der Waals surface area contributed by atoms with Gasteiger partial charge < -0.3 is 0 Å². The lowest BCUT2D eigenvalue weighted by Crippen LogP contribution is -2.37. The van der Waals surface area contributed by atoms with Crippen LogP contribution in [0.5, 0.6) is 0 Å². The Kier molecular flexibility index (Phi) is 5.07. The minimum Gasteiger partial charge on any atom is -0.271 e. The van der Waals surface area contributed by atoms with Gasteiger partial charge in [0.1, 0.15) is 5.82 Å². The second kappa shape index (κ2) is 7.02. The average Bonchev–Trinajstić information content (AvgIpc) is 2.46. The molecule has 0 amide bonds. The highest BCUT2D eigenvalue weighted by Crippen LogP contribution is 2.10. The molecular weight excluding hydrogens is 239 g/mol. The summed E-state index contributed by atoms with van der Waals surface area (Å²) in [5.74, 6) is 5.39. The molecule has 0 spiro atoms. The summed E-state index contributed by atoms with van der Waals surface area (Å²) >= 11 is 0. The van der Waals surface area contributed by atoms with Crippen LogP contribution in [0.4, 0.5) is 4.39 Å². The van der Waals surface area contributed by atoms with E-state index >= 15 is 0 Å². The molecule has 0 bridgehead atoms. The predicted molar refractivity (Wildman–Crippen MR) is 76.0 cm³/mol. The fourth-order valence-electron chi connectivity index (χ4n) is 2.13. The molecule has 19 heavy (non-hydrogen) atoms. The lowest BCUT2D eigenvalue weighted by molar-refractivity contribution is 0.491. The van der Waals surface area contributed by atoms with Gasteiger partial charge in [0.05, 0.1) is 0 Å². The van der Waals surface area contributed by atoms with E-state index in [9.17, 15) is 4.39 Å². The Hall–Kier alpha value is -1.71. The van der Waals surface area contributed by atoms with Crippen LogP contribution < -0.4 is 11.3 Å². The number of aryl methyl sites for hydroxylation is 1. The van der Waals surface area contributed by atoms with E-state index in [0.29, 0.717) is 0 Å². The van der Waals surface area contributed by atoms with E-state index in [0.717, 1.165) is 24.8 Å². The Labute approximate surface area is 113 Å². The van der Waals surface area contributed by atoms with Gasteiger partial charge in [0, 0.05) is 6.04 Å². The molecular formula is C16H19FN2. The zero-order chi connectivity index (χ0) is 13.5. The molecule has 0 saturated carbocycles. The first-order chi connectivity index (χ1) is 9.28. The van der Waals surface area contributed by atoms with Gasteiger partial charge >= 0.3 is 0 Å². The first kappa shape index (κ1) is 13.7. The first-order valence-corrected chi connectivity index (χ1v) is 6.52. The lowest BCUT2D eigenvalue weighted by atomic mass is 9.99. The van der Waals surface area contributed by atoms with Gasteiger partial charge in [-0.1, -0.05) is 42.5 Å². The highest BCUT2D eigenvalue weighted by molar-refractivity contribution is 5.18. The van der Waals surface area contributed by atoms with E-state index in [1.165, 1.54) is 17.7 Å². The quantitative estimate of drug-likeness (QED) is 0.617. The molecule has 0 aliphatic carbocycles. The van der Waals surface area contributed by atoms with Crippen LogP contribution in [-0.2, 0) is 12.8 Å². The minimum absolute atomic E-state index is 0.200. The number of nitrogens with two attached hydrogens (primary N) is 1. The largest absolute Gasteiger partial charge is 0.271 e. The van der Waals surface area contributed by atoms with Crippen molar-refractivity contribution in [3.8, 4) is 0 Å². The van der Waals surface area contributed by atoms with E-state index in [1.807, 2.05) is 30.3 Å². The number of halogens is 1. The summed E-state index contributed by atoms with van der Waals surface area (Å²) in [5, 5.41) is 0. The lowest BCUT2D eigenvalue weighted by Gasteiger charge is -2.16. The molecule has 2 aromatic carbocycles. The molecule has 2 rings (SSSR count). The number of rotatable bonds is 6. The molecule has 1 atom stereocenters. The number of nitrogens with one attached hydrogen (secondary N) is 1. The number of hydrazine groups is 1. The molecule has 0 radical (unpaired) electrons. The summed E-state index contributed by atoms with van der Waals surface area (Å²) in [6.45, 7) is 0. The van der Waals surface area contributed by atoms with Crippen molar-refractivity contribution in [2.45, 2.75) is 25.3 Å². The highest BCUT2D eigenvalue weighted by atomic mass is 19.1. The Bertz CT molecular complexity index is 482. The summed E-state index contributed by atoms with van der Waals surface area (Å²) in [4.78, 5) is 0. The molecule has 0 aromatic heterocycles. The predicted octanol–water partition coefficient (Wildman–Crippen LogP) is 2.83. The zero-order valence-corrected chi connectivity index (χ0v) is 10.9. The zero-order valence-electron chi connectivity index (χ0n) is 10.9. The monoisotopic (exact) mass is 258 g/mol. The van der Waals surface area contributed by atoms with Crippen molar-refractivity contribution < 1.29 is 4.39 Å². The van der Waals surface area contributed by atoms with Crippen molar-refractivity contribution in [2.24, 2.45) is 5.84 Å². The van der Waals surface area contributed by atoms with Crippen LogP contribution in [0.1, 0.15) is 17.5 Å². The van der Waals surface area contributed by atoms with Crippen molar-refractivity contribution in [3.05, 3.63) is 71.5 Å². The van der Waals surface area contributed by atoms with Gasteiger partial charge in [-0.2, -0.15) is 0 Å². The Balaban J connectivity index is 1.88. The van der Waals surface area contributed by atoms with Crippen LogP contribution >= 0.6 is 0 Å². The van der Waals surface area contributed by atoms with Gasteiger partial charge in [-0.15, -0.1) is 0 Å². The van der Waals surface area contributed by atoms with Crippen molar-refractivity contribution in [2.75, 3.05) is 0 Å². The molecule has 0 aliphatic rings. The summed E-state index contributed by atoms with van der Waals surface area (Å²) in [7, 11) is 0. The van der Waals surface area contributed by atoms with Crippen LogP contribution in [0, 0.1) is 5.82 Å². The van der Waals surface area contributed by atoms with E-state index in [4.69, 9.17) is 5.84 Å². The molecule has 0 fully saturated rings. The van der Waals surface area contributed by atoms with Crippen LogP contribution in [0.2, 0.25) is 0 Å². The molecule has 0 heterocycles. The third kappa shape index (κ3) is 4.47. The first-order valence-electron chi connectivity index (χ1n) is 6.52. The van der Waals surface area contributed by atoms with Crippen LogP contribution in [0.15, 0.2) is 54.6 Å². The highest BCUT2D eigenvalue weighted by Gasteiger charge is 2.08. The van der Waals surface area contributed by atoms with Crippen molar-refractivity contribution >= 4 is 0 Å². The van der Waals surface area contributed by atoms with Crippen molar-refractivity contribution in [1.82, 2.24) is 5.43 Å². The Morgan fingerprint density at radius 2 is 1.63 bits per heavy atom. The molecule has 2 aromatic rings. The molecule has 0 aliphatic heterocycles. The van der Waals surface area contributed by atoms with Gasteiger partial charge in [0.15, 0.2) is 0 Å². The number of hydrogen-bond donors (Lipinski definition) is 2. The van der Waals surface area contributed by atoms with Gasteiger partial charge in [-0.25, -0.2) is 4.39 Å². The molecule has 1 unspecified atom stereocenters. The van der Waals surface area contributed by atoms with E-state index in [2.05, 4.69) is 17.6 Å². The minimum atomic E-state index is -0.203. The normalized spacial score (nSPS) is 12.3. The van der Waals surface area contributed by atoms with E-state index < -0.39 is 0 Å². The summed E-state index contributed by atoms with van der Waals surface area (Å²) in [6.07, 6.45) is 2.75. The van der Waals surface area contributed by atoms with E-state index in [1.54, 1.807) is 0 Å². The molecule has 100 valence electrons. The number of benzene rings is 2. The molecule has 3 N–H and O–H groups in total. The number of hydrogen-bond acceptors (Lipinski definition) is 2. The molecule has 3 heteroatoms. The van der Waals surface area contributed by atoms with E-state index in [-0.39, 0.29) is 11.9 Å². The third-order valence-electron chi connectivity index (χ3n) is 3.26. The average molecular weight is 258 g/mol. The second-order valence-electron chi connectivity index (χ2n) is 4.72. The maximum atomic E-state index is 12.8. The van der Waals surface area contributed by atoms with Gasteiger partial charge in [-0.3, -0.25) is 11.3 Å². The summed E-state index contributed by atoms with van der Waals surface area (Å²) in [5.41, 5.74) is 5.24. The fourth-order valence-corrected chi connectivity index (χ4v) is 2.13. The standard InChI is InChI=1S/C16H19FN2/c17-15-9-6-14(7-10-15)12-16(19-18)11-8-13-4-2-1-3-5-13/h1-7,9-10,16,19H,8,11-12,18H2. The second-order valence-corrected chi connectivity index (χ2v) is 4.72. The maximum absolute atomic E-state index is 12.8. The van der Waals surface area contributed by atoms with Crippen molar-refractivity contribution in [1.29, 1.82) is 0 Å². The molecule has 0 saturated heterocycles. The van der Waals surface area contributed by atoms with Crippen molar-refractivity contribution in [3.63, 3.8) is 0 Å². The smallest absolute Gasteiger partial charge is 0.123 e. The van der Waals surface area contributed by atoms with Gasteiger partial charge in [-0.05, 0) is 42.5 Å². The fraction of sp³-hybridized carbons (Fsp3) is 0.250. The molecule has 2 nitrogen and oxygen atoms in total. The maximum Gasteiger partial charge on any atom is 0.123 e. The third-order valence-corrected chi connectivity index (χ3v) is 3.26. The summed E-state index contributed by atoms with van der Waals surface area (Å²) in [6, 6.07) is 17.1.